The smallest absolute Gasteiger partial charge is 0.234 e. The number of halogens is 1. The van der Waals surface area contributed by atoms with Crippen molar-refractivity contribution in [3.05, 3.63) is 83.9 Å². The highest BCUT2D eigenvalue weighted by molar-refractivity contribution is 7.99. The van der Waals surface area contributed by atoms with Crippen molar-refractivity contribution in [3.8, 4) is 22.8 Å². The number of hydrogen-bond acceptors (Lipinski definition) is 5. The first-order valence-electron chi connectivity index (χ1n) is 9.49. The van der Waals surface area contributed by atoms with Gasteiger partial charge in [-0.1, -0.05) is 78.0 Å². The van der Waals surface area contributed by atoms with E-state index in [2.05, 4.69) is 15.5 Å². The Morgan fingerprint density at radius 1 is 1.00 bits per heavy atom. The van der Waals surface area contributed by atoms with Crippen molar-refractivity contribution in [1.29, 1.82) is 0 Å². The maximum atomic E-state index is 12.5. The van der Waals surface area contributed by atoms with Gasteiger partial charge in [0, 0.05) is 5.56 Å². The number of nitrogens with zero attached hydrogens (tertiary/aromatic N) is 3. The van der Waals surface area contributed by atoms with E-state index >= 15 is 0 Å². The number of ether oxygens (including phenoxy) is 1. The number of carbonyl (C=O) groups is 1. The first-order valence-corrected chi connectivity index (χ1v) is 10.8. The lowest BCUT2D eigenvalue weighted by Crippen LogP contribution is -2.15. The molecule has 1 amide bonds. The summed E-state index contributed by atoms with van der Waals surface area (Å²) in [7, 11) is 1.62. The van der Waals surface area contributed by atoms with E-state index in [-0.39, 0.29) is 11.7 Å². The van der Waals surface area contributed by atoms with Gasteiger partial charge in [-0.3, -0.25) is 9.36 Å². The van der Waals surface area contributed by atoms with Crippen LogP contribution in [0.1, 0.15) is 0 Å². The van der Waals surface area contributed by atoms with Crippen LogP contribution in [0.4, 0.5) is 5.69 Å². The lowest BCUT2D eigenvalue weighted by molar-refractivity contribution is -0.113. The number of nitrogens with one attached hydrogen (secondary N) is 1. The van der Waals surface area contributed by atoms with Crippen LogP contribution in [0.3, 0.4) is 0 Å². The molecule has 0 atom stereocenters. The molecule has 0 spiro atoms. The van der Waals surface area contributed by atoms with E-state index < -0.39 is 0 Å². The molecule has 4 aromatic rings. The van der Waals surface area contributed by atoms with E-state index in [1.165, 1.54) is 11.8 Å². The summed E-state index contributed by atoms with van der Waals surface area (Å²) in [5, 5.41) is 12.7. The van der Waals surface area contributed by atoms with Gasteiger partial charge in [0.2, 0.25) is 5.91 Å². The zero-order valence-corrected chi connectivity index (χ0v) is 18.2. The first-order chi connectivity index (χ1) is 15.2. The lowest BCUT2D eigenvalue weighted by Gasteiger charge is -2.14. The predicted octanol–water partition coefficient (Wildman–Crippen LogP) is 5.33. The number of amides is 1. The topological polar surface area (TPSA) is 69.0 Å². The van der Waals surface area contributed by atoms with Crippen LogP contribution in [-0.4, -0.2) is 33.5 Å². The van der Waals surface area contributed by atoms with Gasteiger partial charge in [-0.05, 0) is 24.3 Å². The van der Waals surface area contributed by atoms with E-state index in [0.29, 0.717) is 27.4 Å². The third-order valence-corrected chi connectivity index (χ3v) is 5.73. The van der Waals surface area contributed by atoms with Crippen molar-refractivity contribution in [2.24, 2.45) is 0 Å². The number of para-hydroxylation sites is 3. The molecule has 0 saturated carbocycles. The van der Waals surface area contributed by atoms with E-state index in [9.17, 15) is 4.79 Å². The second-order valence-electron chi connectivity index (χ2n) is 6.50. The molecule has 6 nitrogen and oxygen atoms in total. The van der Waals surface area contributed by atoms with Crippen molar-refractivity contribution in [2.75, 3.05) is 18.2 Å². The van der Waals surface area contributed by atoms with Crippen molar-refractivity contribution in [1.82, 2.24) is 14.8 Å². The SMILES string of the molecule is COc1ccccc1-n1c(SCC(=O)Nc2ccccc2Cl)nnc1-c1ccccc1. The molecular formula is C23H19ClN4O2S. The number of methoxy groups -OCH3 is 1. The summed E-state index contributed by atoms with van der Waals surface area (Å²) in [4.78, 5) is 12.5. The molecular weight excluding hydrogens is 432 g/mol. The Labute approximate surface area is 189 Å². The molecule has 0 fully saturated rings. The second kappa shape index (κ2) is 9.68. The van der Waals surface area contributed by atoms with Crippen LogP contribution >= 0.6 is 23.4 Å². The average Bonchev–Trinajstić information content (AvgIpc) is 3.23. The molecule has 4 rings (SSSR count). The van der Waals surface area contributed by atoms with Gasteiger partial charge in [-0.15, -0.1) is 10.2 Å². The van der Waals surface area contributed by atoms with E-state index in [1.807, 2.05) is 71.3 Å². The normalized spacial score (nSPS) is 10.6. The molecule has 31 heavy (non-hydrogen) atoms. The number of rotatable bonds is 7. The van der Waals surface area contributed by atoms with Crippen molar-refractivity contribution < 1.29 is 9.53 Å². The van der Waals surface area contributed by atoms with Crippen LogP contribution in [-0.2, 0) is 4.79 Å². The number of carbonyl (C=O) groups excluding carboxylic acids is 1. The summed E-state index contributed by atoms with van der Waals surface area (Å²) in [6.07, 6.45) is 0. The summed E-state index contributed by atoms with van der Waals surface area (Å²) < 4.78 is 7.46. The third kappa shape index (κ3) is 4.73. The maximum Gasteiger partial charge on any atom is 0.234 e. The van der Waals surface area contributed by atoms with E-state index in [0.717, 1.165) is 11.3 Å². The molecule has 0 radical (unpaired) electrons. The van der Waals surface area contributed by atoms with Gasteiger partial charge in [0.1, 0.15) is 5.75 Å². The van der Waals surface area contributed by atoms with Crippen molar-refractivity contribution in [3.63, 3.8) is 0 Å². The number of hydrogen-bond donors (Lipinski definition) is 1. The van der Waals surface area contributed by atoms with E-state index in [1.54, 1.807) is 19.2 Å². The summed E-state index contributed by atoms with van der Waals surface area (Å²) in [5.41, 5.74) is 2.28. The monoisotopic (exact) mass is 450 g/mol. The quantitative estimate of drug-likeness (QED) is 0.385. The minimum atomic E-state index is -0.186. The fourth-order valence-corrected chi connectivity index (χ4v) is 3.98. The molecule has 1 N–H and O–H groups in total. The molecule has 0 bridgehead atoms. The van der Waals surface area contributed by atoms with Crippen LogP contribution < -0.4 is 10.1 Å². The Kier molecular flexibility index (Phi) is 6.54. The van der Waals surface area contributed by atoms with Gasteiger partial charge >= 0.3 is 0 Å². The maximum absolute atomic E-state index is 12.5. The van der Waals surface area contributed by atoms with Crippen LogP contribution in [0.2, 0.25) is 5.02 Å². The fraction of sp³-hybridized carbons (Fsp3) is 0.0870. The fourth-order valence-electron chi connectivity index (χ4n) is 3.05. The molecule has 156 valence electrons. The highest BCUT2D eigenvalue weighted by Crippen LogP contribution is 2.32. The molecule has 8 heteroatoms. The predicted molar refractivity (Wildman–Crippen MR) is 124 cm³/mol. The van der Waals surface area contributed by atoms with Crippen molar-refractivity contribution in [2.45, 2.75) is 5.16 Å². The Balaban J connectivity index is 1.64. The minimum absolute atomic E-state index is 0.146. The highest BCUT2D eigenvalue weighted by atomic mass is 35.5. The average molecular weight is 451 g/mol. The number of thioether (sulfide) groups is 1. The first kappa shape index (κ1) is 21.0. The Bertz CT molecular complexity index is 1200. The minimum Gasteiger partial charge on any atom is -0.495 e. The van der Waals surface area contributed by atoms with Gasteiger partial charge in [0.05, 0.1) is 29.3 Å². The molecule has 1 heterocycles. The van der Waals surface area contributed by atoms with Crippen LogP contribution in [0.15, 0.2) is 84.0 Å². The molecule has 3 aromatic carbocycles. The second-order valence-corrected chi connectivity index (χ2v) is 7.85. The third-order valence-electron chi connectivity index (χ3n) is 4.47. The van der Waals surface area contributed by atoms with E-state index in [4.69, 9.17) is 16.3 Å². The molecule has 1 aromatic heterocycles. The van der Waals surface area contributed by atoms with Crippen LogP contribution in [0.25, 0.3) is 17.1 Å². The zero-order valence-electron chi connectivity index (χ0n) is 16.7. The standard InChI is InChI=1S/C23H19ClN4O2S/c1-30-20-14-8-7-13-19(20)28-22(16-9-3-2-4-10-16)26-27-23(28)31-15-21(29)25-18-12-6-5-11-17(18)24/h2-14H,15H2,1H3,(H,25,29). The van der Waals surface area contributed by atoms with Gasteiger partial charge in [0.15, 0.2) is 11.0 Å². The van der Waals surface area contributed by atoms with Gasteiger partial charge in [-0.2, -0.15) is 0 Å². The Hall–Kier alpha value is -3.29. The molecule has 0 unspecified atom stereocenters. The molecule has 0 saturated heterocycles. The van der Waals surface area contributed by atoms with Crippen molar-refractivity contribution >= 4 is 35.0 Å². The number of anilines is 1. The molecule has 0 aliphatic carbocycles. The highest BCUT2D eigenvalue weighted by Gasteiger charge is 2.19. The number of benzene rings is 3. The van der Waals surface area contributed by atoms with Crippen LogP contribution in [0, 0.1) is 0 Å². The summed E-state index contributed by atoms with van der Waals surface area (Å²) in [5.74, 6) is 1.31. The van der Waals surface area contributed by atoms with Crippen LogP contribution in [0.5, 0.6) is 5.75 Å². The largest absolute Gasteiger partial charge is 0.495 e. The summed E-state index contributed by atoms with van der Waals surface area (Å²) in [6.45, 7) is 0. The Morgan fingerprint density at radius 2 is 1.71 bits per heavy atom. The van der Waals surface area contributed by atoms with Gasteiger partial charge in [-0.25, -0.2) is 0 Å². The number of aromatic nitrogens is 3. The Morgan fingerprint density at radius 3 is 2.48 bits per heavy atom. The molecule has 0 aliphatic rings. The lowest BCUT2D eigenvalue weighted by atomic mass is 10.2. The zero-order chi connectivity index (χ0) is 21.6. The summed E-state index contributed by atoms with van der Waals surface area (Å²) >= 11 is 7.42. The molecule has 0 aliphatic heterocycles. The summed E-state index contributed by atoms with van der Waals surface area (Å²) in [6, 6.07) is 24.5. The van der Waals surface area contributed by atoms with Gasteiger partial charge < -0.3 is 10.1 Å². The van der Waals surface area contributed by atoms with Gasteiger partial charge in [0.25, 0.3) is 0 Å².